The van der Waals surface area contributed by atoms with Crippen LogP contribution in [0.3, 0.4) is 0 Å². The standard InChI is InChI=1S/C11H13NO3/c1-8-5-3-4-6-9(8)7-10(11(13)14)12-15-2/h3-6H,7H2,1-2H3,(H,13,14). The summed E-state index contributed by atoms with van der Waals surface area (Å²) in [6.07, 6.45) is 0.274. The molecule has 1 N–H and O–H groups in total. The van der Waals surface area contributed by atoms with Crippen LogP contribution in [0.25, 0.3) is 0 Å². The van der Waals surface area contributed by atoms with E-state index < -0.39 is 5.97 Å². The number of benzene rings is 1. The van der Waals surface area contributed by atoms with Crippen molar-refractivity contribution < 1.29 is 14.7 Å². The lowest BCUT2D eigenvalue weighted by Crippen LogP contribution is -2.16. The topological polar surface area (TPSA) is 58.9 Å². The van der Waals surface area contributed by atoms with Crippen molar-refractivity contribution in [2.24, 2.45) is 5.16 Å². The number of carboxylic acids is 1. The van der Waals surface area contributed by atoms with Crippen LogP contribution in [-0.2, 0) is 16.1 Å². The molecule has 0 saturated heterocycles. The second-order valence-corrected chi connectivity index (χ2v) is 3.13. The molecule has 15 heavy (non-hydrogen) atoms. The first-order valence-electron chi connectivity index (χ1n) is 4.53. The predicted molar refractivity (Wildman–Crippen MR) is 57.0 cm³/mol. The Kier molecular flexibility index (Phi) is 3.85. The van der Waals surface area contributed by atoms with Gasteiger partial charge < -0.3 is 9.94 Å². The summed E-state index contributed by atoms with van der Waals surface area (Å²) < 4.78 is 0. The van der Waals surface area contributed by atoms with Gasteiger partial charge in [0, 0.05) is 6.42 Å². The first-order chi connectivity index (χ1) is 7.15. The molecular weight excluding hydrogens is 194 g/mol. The van der Waals surface area contributed by atoms with Gasteiger partial charge in [-0.1, -0.05) is 29.4 Å². The molecule has 1 aromatic carbocycles. The minimum Gasteiger partial charge on any atom is -0.477 e. The SMILES string of the molecule is CON=C(Cc1ccccc1C)C(=O)O. The van der Waals surface area contributed by atoms with Gasteiger partial charge in [0.05, 0.1) is 0 Å². The van der Waals surface area contributed by atoms with Crippen LogP contribution in [0.2, 0.25) is 0 Å². The van der Waals surface area contributed by atoms with Crippen LogP contribution in [0.15, 0.2) is 29.4 Å². The molecule has 80 valence electrons. The first-order valence-corrected chi connectivity index (χ1v) is 4.53. The summed E-state index contributed by atoms with van der Waals surface area (Å²) in [7, 11) is 1.33. The molecule has 0 spiro atoms. The second-order valence-electron chi connectivity index (χ2n) is 3.13. The number of carboxylic acid groups (broad SMARTS) is 1. The Balaban J connectivity index is 2.89. The maximum Gasteiger partial charge on any atom is 0.354 e. The summed E-state index contributed by atoms with van der Waals surface area (Å²) in [4.78, 5) is 15.3. The molecule has 0 bridgehead atoms. The summed E-state index contributed by atoms with van der Waals surface area (Å²) in [5, 5.41) is 12.3. The number of aryl methyl sites for hydroxylation is 1. The average Bonchev–Trinajstić information content (AvgIpc) is 2.20. The van der Waals surface area contributed by atoms with Gasteiger partial charge in [0.2, 0.25) is 0 Å². The van der Waals surface area contributed by atoms with E-state index in [4.69, 9.17) is 5.11 Å². The van der Waals surface area contributed by atoms with Crippen LogP contribution in [0.1, 0.15) is 11.1 Å². The Hall–Kier alpha value is -1.84. The van der Waals surface area contributed by atoms with Crippen molar-refractivity contribution in [3.63, 3.8) is 0 Å². The Morgan fingerprint density at radius 1 is 1.47 bits per heavy atom. The summed E-state index contributed by atoms with van der Waals surface area (Å²) in [5.74, 6) is -1.06. The zero-order valence-electron chi connectivity index (χ0n) is 8.73. The van der Waals surface area contributed by atoms with Crippen molar-refractivity contribution >= 4 is 11.7 Å². The van der Waals surface area contributed by atoms with Gasteiger partial charge in [-0.3, -0.25) is 0 Å². The van der Waals surface area contributed by atoms with Crippen molar-refractivity contribution in [1.82, 2.24) is 0 Å². The third kappa shape index (κ3) is 3.09. The van der Waals surface area contributed by atoms with Gasteiger partial charge in [0.1, 0.15) is 7.11 Å². The highest BCUT2D eigenvalue weighted by atomic mass is 16.6. The molecule has 0 saturated carbocycles. The predicted octanol–water partition coefficient (Wildman–Crippen LogP) is 1.62. The van der Waals surface area contributed by atoms with E-state index in [1.807, 2.05) is 31.2 Å². The molecular formula is C11H13NO3. The van der Waals surface area contributed by atoms with Crippen LogP contribution in [-0.4, -0.2) is 23.9 Å². The Morgan fingerprint density at radius 2 is 2.13 bits per heavy atom. The quantitative estimate of drug-likeness (QED) is 0.603. The van der Waals surface area contributed by atoms with Gasteiger partial charge >= 0.3 is 5.97 Å². The average molecular weight is 207 g/mol. The molecule has 1 rings (SSSR count). The van der Waals surface area contributed by atoms with Crippen molar-refractivity contribution in [2.45, 2.75) is 13.3 Å². The molecule has 1 aromatic rings. The maximum absolute atomic E-state index is 10.8. The van der Waals surface area contributed by atoms with E-state index >= 15 is 0 Å². The normalized spacial score (nSPS) is 11.2. The Bertz CT molecular complexity index is 385. The van der Waals surface area contributed by atoms with E-state index in [0.717, 1.165) is 11.1 Å². The molecule has 0 fully saturated rings. The van der Waals surface area contributed by atoms with Gasteiger partial charge in [-0.2, -0.15) is 0 Å². The van der Waals surface area contributed by atoms with Gasteiger partial charge in [0.25, 0.3) is 0 Å². The Morgan fingerprint density at radius 3 is 2.67 bits per heavy atom. The molecule has 0 unspecified atom stereocenters. The number of hydrogen-bond donors (Lipinski definition) is 1. The minimum absolute atomic E-state index is 0.00630. The largest absolute Gasteiger partial charge is 0.477 e. The smallest absolute Gasteiger partial charge is 0.354 e. The number of hydrogen-bond acceptors (Lipinski definition) is 3. The number of nitrogens with zero attached hydrogens (tertiary/aromatic N) is 1. The highest BCUT2D eigenvalue weighted by molar-refractivity contribution is 6.35. The number of carbonyl (C=O) groups is 1. The number of aliphatic carboxylic acids is 1. The second kappa shape index (κ2) is 5.14. The van der Waals surface area contributed by atoms with E-state index in [-0.39, 0.29) is 12.1 Å². The fourth-order valence-corrected chi connectivity index (χ4v) is 1.25. The third-order valence-electron chi connectivity index (χ3n) is 2.07. The molecule has 0 radical (unpaired) electrons. The maximum atomic E-state index is 10.8. The molecule has 0 aromatic heterocycles. The Labute approximate surface area is 88.2 Å². The summed E-state index contributed by atoms with van der Waals surface area (Å²) in [5.41, 5.74) is 1.99. The molecule has 0 aliphatic rings. The monoisotopic (exact) mass is 207 g/mol. The summed E-state index contributed by atoms with van der Waals surface area (Å²) in [6, 6.07) is 7.59. The van der Waals surface area contributed by atoms with Crippen LogP contribution in [0.4, 0.5) is 0 Å². The highest BCUT2D eigenvalue weighted by Gasteiger charge is 2.12. The van der Waals surface area contributed by atoms with E-state index in [1.165, 1.54) is 7.11 Å². The van der Waals surface area contributed by atoms with E-state index in [2.05, 4.69) is 9.99 Å². The summed E-state index contributed by atoms with van der Waals surface area (Å²) >= 11 is 0. The van der Waals surface area contributed by atoms with E-state index in [0.29, 0.717) is 0 Å². The van der Waals surface area contributed by atoms with Crippen molar-refractivity contribution in [2.75, 3.05) is 7.11 Å². The molecule has 4 nitrogen and oxygen atoms in total. The van der Waals surface area contributed by atoms with Crippen LogP contribution < -0.4 is 0 Å². The number of oxime groups is 1. The third-order valence-corrected chi connectivity index (χ3v) is 2.07. The van der Waals surface area contributed by atoms with E-state index in [1.54, 1.807) is 0 Å². The molecule has 0 heterocycles. The molecule has 0 atom stereocenters. The lowest BCUT2D eigenvalue weighted by molar-refractivity contribution is -0.129. The minimum atomic E-state index is -1.06. The van der Waals surface area contributed by atoms with Crippen LogP contribution >= 0.6 is 0 Å². The molecule has 0 aliphatic heterocycles. The molecule has 4 heteroatoms. The van der Waals surface area contributed by atoms with Crippen molar-refractivity contribution in [1.29, 1.82) is 0 Å². The lowest BCUT2D eigenvalue weighted by Gasteiger charge is -2.04. The zero-order chi connectivity index (χ0) is 11.3. The zero-order valence-corrected chi connectivity index (χ0v) is 8.73. The van der Waals surface area contributed by atoms with Crippen molar-refractivity contribution in [3.8, 4) is 0 Å². The lowest BCUT2D eigenvalue weighted by atomic mass is 10.0. The highest BCUT2D eigenvalue weighted by Crippen LogP contribution is 2.08. The fraction of sp³-hybridized carbons (Fsp3) is 0.273. The van der Waals surface area contributed by atoms with E-state index in [9.17, 15) is 4.79 Å². The van der Waals surface area contributed by atoms with Gasteiger partial charge in [-0.25, -0.2) is 4.79 Å². The van der Waals surface area contributed by atoms with Gasteiger partial charge in [-0.15, -0.1) is 0 Å². The first kappa shape index (κ1) is 11.2. The van der Waals surface area contributed by atoms with Gasteiger partial charge in [0.15, 0.2) is 5.71 Å². The van der Waals surface area contributed by atoms with Crippen molar-refractivity contribution in [3.05, 3.63) is 35.4 Å². The van der Waals surface area contributed by atoms with Crippen LogP contribution in [0, 0.1) is 6.92 Å². The molecule has 0 aliphatic carbocycles. The van der Waals surface area contributed by atoms with Gasteiger partial charge in [-0.05, 0) is 18.1 Å². The number of rotatable bonds is 4. The fourth-order valence-electron chi connectivity index (χ4n) is 1.25. The van der Waals surface area contributed by atoms with Crippen LogP contribution in [0.5, 0.6) is 0 Å². The summed E-state index contributed by atoms with van der Waals surface area (Å²) in [6.45, 7) is 1.93. The molecule has 0 amide bonds.